The summed E-state index contributed by atoms with van der Waals surface area (Å²) >= 11 is 1.88. The minimum absolute atomic E-state index is 0.118. The lowest BCUT2D eigenvalue weighted by Gasteiger charge is -2.22. The van der Waals surface area contributed by atoms with Gasteiger partial charge in [0.15, 0.2) is 5.13 Å². The summed E-state index contributed by atoms with van der Waals surface area (Å²) in [6, 6.07) is 0.751. The fourth-order valence-electron chi connectivity index (χ4n) is 2.49. The van der Waals surface area contributed by atoms with Crippen LogP contribution in [-0.4, -0.2) is 24.1 Å². The molecular weight excluding hydrogens is 278 g/mol. The highest BCUT2D eigenvalue weighted by molar-refractivity contribution is 7.15. The summed E-state index contributed by atoms with van der Waals surface area (Å²) in [6.07, 6.45) is 2.68. The second-order valence-electron chi connectivity index (χ2n) is 7.61. The Morgan fingerprint density at radius 3 is 2.48 bits per heavy atom. The van der Waals surface area contributed by atoms with E-state index in [2.05, 4.69) is 51.8 Å². The van der Waals surface area contributed by atoms with Crippen molar-refractivity contribution in [2.75, 3.05) is 18.0 Å². The molecule has 0 radical (unpaired) electrons. The standard InChI is InChI=1S/C17H31N3S/c1-7-20(11-12(2)3)16-19-15(17(4,5)6)14(21-16)10-18-13-8-9-13/h12-13,18H,7-11H2,1-6H3. The molecule has 0 aliphatic heterocycles. The van der Waals surface area contributed by atoms with Crippen LogP contribution in [0.2, 0.25) is 0 Å². The van der Waals surface area contributed by atoms with Crippen LogP contribution in [0.5, 0.6) is 0 Å². The van der Waals surface area contributed by atoms with Gasteiger partial charge in [0.2, 0.25) is 0 Å². The van der Waals surface area contributed by atoms with E-state index in [1.165, 1.54) is 28.5 Å². The number of thiazole rings is 1. The van der Waals surface area contributed by atoms with Gasteiger partial charge in [-0.25, -0.2) is 4.98 Å². The zero-order chi connectivity index (χ0) is 15.6. The second-order valence-corrected chi connectivity index (χ2v) is 8.67. The highest BCUT2D eigenvalue weighted by atomic mass is 32.1. The molecule has 0 unspecified atom stereocenters. The van der Waals surface area contributed by atoms with Gasteiger partial charge < -0.3 is 10.2 Å². The van der Waals surface area contributed by atoms with Crippen LogP contribution in [0, 0.1) is 5.92 Å². The van der Waals surface area contributed by atoms with E-state index < -0.39 is 0 Å². The first-order valence-corrected chi connectivity index (χ1v) is 9.11. The van der Waals surface area contributed by atoms with Gasteiger partial charge in [-0.1, -0.05) is 34.6 Å². The first-order chi connectivity index (χ1) is 9.81. The van der Waals surface area contributed by atoms with Crippen LogP contribution < -0.4 is 10.2 Å². The van der Waals surface area contributed by atoms with Crippen molar-refractivity contribution >= 4 is 16.5 Å². The van der Waals surface area contributed by atoms with E-state index in [1.54, 1.807) is 0 Å². The fraction of sp³-hybridized carbons (Fsp3) is 0.824. The number of anilines is 1. The first-order valence-electron chi connectivity index (χ1n) is 8.29. The maximum atomic E-state index is 5.01. The van der Waals surface area contributed by atoms with Crippen molar-refractivity contribution in [3.05, 3.63) is 10.6 Å². The zero-order valence-electron chi connectivity index (χ0n) is 14.5. The summed E-state index contributed by atoms with van der Waals surface area (Å²) < 4.78 is 0. The van der Waals surface area contributed by atoms with E-state index in [1.807, 2.05) is 11.3 Å². The van der Waals surface area contributed by atoms with Crippen molar-refractivity contribution < 1.29 is 0 Å². The highest BCUT2D eigenvalue weighted by Gasteiger charge is 2.27. The van der Waals surface area contributed by atoms with Gasteiger partial charge in [-0.15, -0.1) is 11.3 Å². The Labute approximate surface area is 134 Å². The number of hydrogen-bond donors (Lipinski definition) is 1. The Morgan fingerprint density at radius 2 is 2.00 bits per heavy atom. The molecule has 0 aromatic carbocycles. The van der Waals surface area contributed by atoms with Crippen molar-refractivity contribution in [2.24, 2.45) is 5.92 Å². The number of rotatable bonds is 7. The molecule has 1 saturated carbocycles. The predicted molar refractivity (Wildman–Crippen MR) is 93.4 cm³/mol. The molecule has 0 bridgehead atoms. The molecule has 1 fully saturated rings. The summed E-state index contributed by atoms with van der Waals surface area (Å²) in [4.78, 5) is 8.85. The summed E-state index contributed by atoms with van der Waals surface area (Å²) in [6.45, 7) is 16.7. The maximum Gasteiger partial charge on any atom is 0.185 e. The number of aromatic nitrogens is 1. The smallest absolute Gasteiger partial charge is 0.185 e. The largest absolute Gasteiger partial charge is 0.348 e. The molecule has 1 heterocycles. The third-order valence-corrected chi connectivity index (χ3v) is 4.88. The summed E-state index contributed by atoms with van der Waals surface area (Å²) in [5.41, 5.74) is 1.39. The van der Waals surface area contributed by atoms with Gasteiger partial charge in [-0.2, -0.15) is 0 Å². The van der Waals surface area contributed by atoms with Gasteiger partial charge in [0.05, 0.1) is 5.69 Å². The molecule has 0 spiro atoms. The molecule has 4 heteroatoms. The summed E-state index contributed by atoms with van der Waals surface area (Å²) in [7, 11) is 0. The lowest BCUT2D eigenvalue weighted by molar-refractivity contribution is 0.556. The van der Waals surface area contributed by atoms with E-state index in [0.29, 0.717) is 5.92 Å². The maximum absolute atomic E-state index is 5.01. The molecule has 2 rings (SSSR count). The topological polar surface area (TPSA) is 28.2 Å². The van der Waals surface area contributed by atoms with Gasteiger partial charge in [0, 0.05) is 36.0 Å². The number of nitrogens with zero attached hydrogens (tertiary/aromatic N) is 2. The predicted octanol–water partition coefficient (Wildman–Crippen LogP) is 4.17. The molecule has 1 N–H and O–H groups in total. The van der Waals surface area contributed by atoms with Gasteiger partial charge in [0.25, 0.3) is 0 Å². The minimum Gasteiger partial charge on any atom is -0.348 e. The number of nitrogens with one attached hydrogen (secondary N) is 1. The van der Waals surface area contributed by atoms with E-state index in [-0.39, 0.29) is 5.41 Å². The van der Waals surface area contributed by atoms with Crippen LogP contribution in [0.4, 0.5) is 5.13 Å². The van der Waals surface area contributed by atoms with E-state index in [4.69, 9.17) is 4.98 Å². The molecule has 3 nitrogen and oxygen atoms in total. The first kappa shape index (κ1) is 16.8. The second kappa shape index (κ2) is 6.66. The lowest BCUT2D eigenvalue weighted by atomic mass is 9.91. The molecule has 0 saturated heterocycles. The van der Waals surface area contributed by atoms with Crippen LogP contribution in [-0.2, 0) is 12.0 Å². The van der Waals surface area contributed by atoms with Gasteiger partial charge in [0.1, 0.15) is 0 Å². The van der Waals surface area contributed by atoms with E-state index in [9.17, 15) is 0 Å². The summed E-state index contributed by atoms with van der Waals surface area (Å²) in [5, 5.41) is 4.85. The SMILES string of the molecule is CCN(CC(C)C)c1nc(C(C)(C)C)c(CNC2CC2)s1. The Hall–Kier alpha value is -0.610. The van der Waals surface area contributed by atoms with Crippen LogP contribution >= 0.6 is 11.3 Å². The molecule has 1 aliphatic carbocycles. The van der Waals surface area contributed by atoms with Crippen molar-refractivity contribution in [2.45, 2.75) is 72.4 Å². The highest BCUT2D eigenvalue weighted by Crippen LogP contribution is 2.34. The summed E-state index contributed by atoms with van der Waals surface area (Å²) in [5.74, 6) is 0.667. The molecular formula is C17H31N3S. The lowest BCUT2D eigenvalue weighted by Crippen LogP contribution is -2.27. The Kier molecular flexibility index (Phi) is 5.31. The van der Waals surface area contributed by atoms with Crippen LogP contribution in [0.25, 0.3) is 0 Å². The minimum atomic E-state index is 0.118. The quantitative estimate of drug-likeness (QED) is 0.819. The van der Waals surface area contributed by atoms with E-state index in [0.717, 1.165) is 25.7 Å². The normalized spacial score (nSPS) is 15.8. The van der Waals surface area contributed by atoms with E-state index >= 15 is 0 Å². The van der Waals surface area contributed by atoms with Crippen LogP contribution in [0.15, 0.2) is 0 Å². The molecule has 1 aromatic rings. The molecule has 0 atom stereocenters. The van der Waals surface area contributed by atoms with Crippen molar-refractivity contribution in [1.29, 1.82) is 0 Å². The molecule has 1 aliphatic rings. The van der Waals surface area contributed by atoms with Gasteiger partial charge in [-0.3, -0.25) is 0 Å². The van der Waals surface area contributed by atoms with Crippen molar-refractivity contribution in [3.8, 4) is 0 Å². The molecule has 1 aromatic heterocycles. The fourth-order valence-corrected chi connectivity index (χ4v) is 3.78. The third kappa shape index (κ3) is 4.68. The van der Waals surface area contributed by atoms with Gasteiger partial charge >= 0.3 is 0 Å². The molecule has 0 amide bonds. The third-order valence-electron chi connectivity index (χ3n) is 3.76. The van der Waals surface area contributed by atoms with Crippen molar-refractivity contribution in [1.82, 2.24) is 10.3 Å². The molecule has 21 heavy (non-hydrogen) atoms. The van der Waals surface area contributed by atoms with Crippen LogP contribution in [0.3, 0.4) is 0 Å². The Balaban J connectivity index is 2.20. The van der Waals surface area contributed by atoms with Crippen molar-refractivity contribution in [3.63, 3.8) is 0 Å². The molecule has 120 valence electrons. The Bertz CT molecular complexity index is 455. The van der Waals surface area contributed by atoms with Gasteiger partial charge in [-0.05, 0) is 25.7 Å². The zero-order valence-corrected chi connectivity index (χ0v) is 15.3. The average Bonchev–Trinajstić information content (AvgIpc) is 3.10. The Morgan fingerprint density at radius 1 is 1.33 bits per heavy atom. The van der Waals surface area contributed by atoms with Crippen LogP contribution in [0.1, 0.15) is 65.0 Å². The monoisotopic (exact) mass is 309 g/mol. The number of hydrogen-bond acceptors (Lipinski definition) is 4. The average molecular weight is 310 g/mol.